The van der Waals surface area contributed by atoms with Crippen LogP contribution in [0.1, 0.15) is 0 Å². The number of nitrogens with zero attached hydrogens (tertiary/aromatic N) is 1. The Labute approximate surface area is 135 Å². The van der Waals surface area contributed by atoms with E-state index in [1.54, 1.807) is 18.2 Å². The van der Waals surface area contributed by atoms with Gasteiger partial charge in [-0.1, -0.05) is 0 Å². The maximum atomic E-state index is 11.9. The Morgan fingerprint density at radius 2 is 1.50 bits per heavy atom. The molecule has 0 bridgehead atoms. The van der Waals surface area contributed by atoms with E-state index in [-0.39, 0.29) is 18.2 Å². The monoisotopic (exact) mass is 329 g/mol. The Balaban J connectivity index is 1.62. The van der Waals surface area contributed by atoms with Crippen molar-refractivity contribution in [3.63, 3.8) is 0 Å². The fraction of sp³-hybridized carbons (Fsp3) is 0.0667. The van der Waals surface area contributed by atoms with Crippen molar-refractivity contribution in [2.75, 3.05) is 17.4 Å². The van der Waals surface area contributed by atoms with E-state index in [1.807, 2.05) is 0 Å². The number of non-ortho nitro benzene ring substituents is 1. The number of nitro groups is 1. The topological polar surface area (TPSA) is 120 Å². The Morgan fingerprint density at radius 3 is 2.17 bits per heavy atom. The lowest BCUT2D eigenvalue weighted by atomic mass is 10.2. The van der Waals surface area contributed by atoms with Crippen LogP contribution < -0.4 is 20.1 Å². The lowest BCUT2D eigenvalue weighted by molar-refractivity contribution is -0.384. The molecule has 0 saturated heterocycles. The van der Waals surface area contributed by atoms with Gasteiger partial charge in [0.2, 0.25) is 6.79 Å². The molecule has 24 heavy (non-hydrogen) atoms. The molecular formula is C15H11N3O6. The third kappa shape index (κ3) is 3.24. The minimum atomic E-state index is -0.901. The average Bonchev–Trinajstić information content (AvgIpc) is 3.03. The van der Waals surface area contributed by atoms with Crippen molar-refractivity contribution >= 4 is 28.9 Å². The maximum Gasteiger partial charge on any atom is 0.314 e. The number of fused-ring (bicyclic) bond motifs is 1. The first-order valence-corrected chi connectivity index (χ1v) is 6.79. The molecule has 2 aromatic rings. The molecule has 0 atom stereocenters. The molecular weight excluding hydrogens is 318 g/mol. The molecule has 0 aromatic heterocycles. The first kappa shape index (κ1) is 15.3. The van der Waals surface area contributed by atoms with E-state index in [2.05, 4.69) is 10.6 Å². The van der Waals surface area contributed by atoms with Gasteiger partial charge >= 0.3 is 11.8 Å². The van der Waals surface area contributed by atoms with Crippen LogP contribution in [0.15, 0.2) is 42.5 Å². The molecule has 1 aliphatic rings. The van der Waals surface area contributed by atoms with Crippen LogP contribution >= 0.6 is 0 Å². The summed E-state index contributed by atoms with van der Waals surface area (Å²) in [5, 5.41) is 15.3. The molecule has 9 heteroatoms. The third-order valence-corrected chi connectivity index (χ3v) is 3.17. The number of carbonyl (C=O) groups excluding carboxylic acids is 2. The summed E-state index contributed by atoms with van der Waals surface area (Å²) in [7, 11) is 0. The molecule has 0 radical (unpaired) electrons. The molecule has 0 fully saturated rings. The third-order valence-electron chi connectivity index (χ3n) is 3.17. The molecule has 0 aliphatic carbocycles. The number of ether oxygens (including phenoxy) is 2. The fourth-order valence-electron chi connectivity index (χ4n) is 2.02. The van der Waals surface area contributed by atoms with E-state index in [4.69, 9.17) is 9.47 Å². The van der Waals surface area contributed by atoms with E-state index in [1.165, 1.54) is 24.3 Å². The molecule has 1 heterocycles. The summed E-state index contributed by atoms with van der Waals surface area (Å²) in [6.45, 7) is 0.105. The van der Waals surface area contributed by atoms with Crippen molar-refractivity contribution in [3.05, 3.63) is 52.6 Å². The van der Waals surface area contributed by atoms with Gasteiger partial charge in [-0.25, -0.2) is 0 Å². The summed E-state index contributed by atoms with van der Waals surface area (Å²) < 4.78 is 10.3. The van der Waals surface area contributed by atoms with Gasteiger partial charge in [-0.15, -0.1) is 0 Å². The first-order chi connectivity index (χ1) is 11.5. The van der Waals surface area contributed by atoms with Crippen LogP contribution in [0.2, 0.25) is 0 Å². The number of hydrogen-bond acceptors (Lipinski definition) is 6. The summed E-state index contributed by atoms with van der Waals surface area (Å²) in [6.07, 6.45) is 0. The molecule has 122 valence electrons. The van der Waals surface area contributed by atoms with Gasteiger partial charge in [0, 0.05) is 29.6 Å². The van der Waals surface area contributed by atoms with Gasteiger partial charge < -0.3 is 20.1 Å². The van der Waals surface area contributed by atoms with E-state index in [0.717, 1.165) is 0 Å². The highest BCUT2D eigenvalue weighted by Gasteiger charge is 2.18. The van der Waals surface area contributed by atoms with Crippen molar-refractivity contribution < 1.29 is 24.0 Å². The quantitative estimate of drug-likeness (QED) is 0.504. The average molecular weight is 329 g/mol. The first-order valence-electron chi connectivity index (χ1n) is 6.79. The van der Waals surface area contributed by atoms with Crippen molar-refractivity contribution in [3.8, 4) is 11.5 Å². The van der Waals surface area contributed by atoms with Gasteiger partial charge in [-0.2, -0.15) is 0 Å². The molecule has 1 aliphatic heterocycles. The minimum absolute atomic E-state index is 0.105. The number of nitro benzene ring substituents is 1. The van der Waals surface area contributed by atoms with Crippen LogP contribution in [0.4, 0.5) is 17.1 Å². The van der Waals surface area contributed by atoms with Crippen LogP contribution in [-0.2, 0) is 9.59 Å². The molecule has 0 unspecified atom stereocenters. The zero-order valence-corrected chi connectivity index (χ0v) is 12.1. The second-order valence-corrected chi connectivity index (χ2v) is 4.78. The number of carbonyl (C=O) groups is 2. The van der Waals surface area contributed by atoms with Crippen molar-refractivity contribution in [2.24, 2.45) is 0 Å². The van der Waals surface area contributed by atoms with Crippen LogP contribution in [0, 0.1) is 10.1 Å². The predicted molar refractivity (Wildman–Crippen MR) is 82.9 cm³/mol. The fourth-order valence-corrected chi connectivity index (χ4v) is 2.02. The summed E-state index contributed by atoms with van der Waals surface area (Å²) >= 11 is 0. The Bertz CT molecular complexity index is 818. The predicted octanol–water partition coefficient (Wildman–Crippen LogP) is 1.90. The summed E-state index contributed by atoms with van der Waals surface area (Å²) in [4.78, 5) is 33.7. The zero-order chi connectivity index (χ0) is 17.1. The van der Waals surface area contributed by atoms with Gasteiger partial charge in [0.1, 0.15) is 0 Å². The number of amides is 2. The van der Waals surface area contributed by atoms with Gasteiger partial charge in [-0.05, 0) is 24.3 Å². The minimum Gasteiger partial charge on any atom is -0.454 e. The van der Waals surface area contributed by atoms with E-state index in [9.17, 15) is 19.7 Å². The van der Waals surface area contributed by atoms with E-state index in [0.29, 0.717) is 17.2 Å². The van der Waals surface area contributed by atoms with Crippen LogP contribution in [0.3, 0.4) is 0 Å². The lowest BCUT2D eigenvalue weighted by Gasteiger charge is -2.07. The van der Waals surface area contributed by atoms with Crippen LogP contribution in [0.25, 0.3) is 0 Å². The SMILES string of the molecule is O=C(Nc1ccc([N+](=O)[O-])cc1)C(=O)Nc1ccc2c(c1)OCO2. The molecule has 2 amide bonds. The van der Waals surface area contributed by atoms with Crippen molar-refractivity contribution in [1.82, 2.24) is 0 Å². The van der Waals surface area contributed by atoms with Gasteiger partial charge in [0.25, 0.3) is 5.69 Å². The standard InChI is InChI=1S/C15H11N3O6/c19-14(16-9-1-4-11(5-2-9)18(21)22)15(20)17-10-3-6-12-13(7-10)24-8-23-12/h1-7H,8H2,(H,16,19)(H,17,20). The van der Waals surface area contributed by atoms with Gasteiger partial charge in [0.05, 0.1) is 4.92 Å². The van der Waals surface area contributed by atoms with Crippen molar-refractivity contribution in [2.45, 2.75) is 0 Å². The lowest BCUT2D eigenvalue weighted by Crippen LogP contribution is -2.29. The zero-order valence-electron chi connectivity index (χ0n) is 12.1. The van der Waals surface area contributed by atoms with Crippen molar-refractivity contribution in [1.29, 1.82) is 0 Å². The largest absolute Gasteiger partial charge is 0.454 e. The number of hydrogen-bond donors (Lipinski definition) is 2. The highest BCUT2D eigenvalue weighted by molar-refractivity contribution is 6.43. The Morgan fingerprint density at radius 1 is 0.917 bits per heavy atom. The second-order valence-electron chi connectivity index (χ2n) is 4.78. The molecule has 0 saturated carbocycles. The summed E-state index contributed by atoms with van der Waals surface area (Å²) in [5.74, 6) is -0.749. The van der Waals surface area contributed by atoms with E-state index >= 15 is 0 Å². The molecule has 2 aromatic carbocycles. The Hall–Kier alpha value is -3.62. The van der Waals surface area contributed by atoms with E-state index < -0.39 is 16.7 Å². The summed E-state index contributed by atoms with van der Waals surface area (Å²) in [6, 6.07) is 9.86. The highest BCUT2D eigenvalue weighted by atomic mass is 16.7. The second kappa shape index (κ2) is 6.24. The number of nitrogens with one attached hydrogen (secondary N) is 2. The maximum absolute atomic E-state index is 11.9. The molecule has 9 nitrogen and oxygen atoms in total. The molecule has 2 N–H and O–H groups in total. The number of rotatable bonds is 3. The number of anilines is 2. The molecule has 0 spiro atoms. The normalized spacial score (nSPS) is 11.7. The van der Waals surface area contributed by atoms with Crippen LogP contribution in [-0.4, -0.2) is 23.5 Å². The highest BCUT2D eigenvalue weighted by Crippen LogP contribution is 2.34. The van der Waals surface area contributed by atoms with Gasteiger partial charge in [0.15, 0.2) is 11.5 Å². The Kier molecular flexibility index (Phi) is 3.98. The smallest absolute Gasteiger partial charge is 0.314 e. The summed E-state index contributed by atoms with van der Waals surface area (Å²) in [5.41, 5.74) is 0.535. The van der Waals surface area contributed by atoms with Crippen LogP contribution in [0.5, 0.6) is 11.5 Å². The van der Waals surface area contributed by atoms with Gasteiger partial charge in [-0.3, -0.25) is 19.7 Å². The number of benzene rings is 2. The molecule has 3 rings (SSSR count).